The number of aromatic nitrogens is 2. The second-order valence-electron chi connectivity index (χ2n) is 21.2. The van der Waals surface area contributed by atoms with Crippen LogP contribution in [0.3, 0.4) is 0 Å². The number of benzene rings is 6. The van der Waals surface area contributed by atoms with Crippen LogP contribution in [0.1, 0.15) is 110 Å². The van der Waals surface area contributed by atoms with Crippen LogP contribution in [0.4, 0.5) is 11.4 Å². The molecule has 0 atom stereocenters. The molecule has 64 heavy (non-hydrogen) atoms. The highest BCUT2D eigenvalue weighted by Gasteiger charge is 2.30. The van der Waals surface area contributed by atoms with Crippen molar-refractivity contribution in [1.82, 2.24) is 9.55 Å². The highest BCUT2D eigenvalue weighted by molar-refractivity contribution is 6.09. The Morgan fingerprint density at radius 1 is 0.469 bits per heavy atom. The van der Waals surface area contributed by atoms with Crippen molar-refractivity contribution < 1.29 is 4.74 Å². The summed E-state index contributed by atoms with van der Waals surface area (Å²) < 4.78 is 9.39. The topological polar surface area (TPSA) is 33.5 Å². The Morgan fingerprint density at radius 3 is 1.81 bits per heavy atom. The summed E-state index contributed by atoms with van der Waals surface area (Å²) in [5, 5.41) is 2.38. The van der Waals surface area contributed by atoms with Gasteiger partial charge in [0, 0.05) is 52.1 Å². The van der Waals surface area contributed by atoms with Crippen LogP contribution in [-0.2, 0) is 21.7 Å². The van der Waals surface area contributed by atoms with E-state index in [1.54, 1.807) is 0 Å². The van der Waals surface area contributed by atoms with Gasteiger partial charge in [-0.15, -0.1) is 0 Å². The Hall–Kier alpha value is -6.59. The molecule has 3 heterocycles. The fraction of sp³-hybridized carbons (Fsp3) is 0.271. The van der Waals surface area contributed by atoms with E-state index in [0.29, 0.717) is 6.67 Å². The van der Waals surface area contributed by atoms with Gasteiger partial charge in [0.15, 0.2) is 0 Å². The lowest BCUT2D eigenvalue weighted by Gasteiger charge is -2.29. The number of rotatable bonds is 8. The molecule has 5 heteroatoms. The van der Waals surface area contributed by atoms with E-state index in [4.69, 9.17) is 9.72 Å². The predicted octanol–water partition coefficient (Wildman–Crippen LogP) is 15.5. The van der Waals surface area contributed by atoms with Gasteiger partial charge in [-0.3, -0.25) is 4.57 Å². The van der Waals surface area contributed by atoms with Crippen molar-refractivity contribution in [2.24, 2.45) is 0 Å². The monoisotopic (exact) mass is 842 g/mol. The molecule has 324 valence electrons. The smallest absolute Gasteiger partial charge is 0.137 e. The summed E-state index contributed by atoms with van der Waals surface area (Å²) in [6, 6.07) is 55.1. The molecule has 0 amide bonds. The maximum Gasteiger partial charge on any atom is 0.137 e. The first-order valence-corrected chi connectivity index (χ1v) is 22.7. The lowest BCUT2D eigenvalue weighted by atomic mass is 9.78. The Kier molecular flexibility index (Phi) is 10.6. The molecule has 8 aromatic rings. The summed E-state index contributed by atoms with van der Waals surface area (Å²) in [6.45, 7) is 25.7. The minimum absolute atomic E-state index is 0.00615. The van der Waals surface area contributed by atoms with Crippen molar-refractivity contribution >= 4 is 38.9 Å². The molecule has 0 aliphatic carbocycles. The zero-order valence-electron chi connectivity index (χ0n) is 39.5. The lowest BCUT2D eigenvalue weighted by Crippen LogP contribution is -2.27. The second-order valence-corrected chi connectivity index (χ2v) is 21.2. The van der Waals surface area contributed by atoms with Gasteiger partial charge in [-0.2, -0.15) is 0 Å². The fourth-order valence-corrected chi connectivity index (χ4v) is 8.95. The second kappa shape index (κ2) is 15.9. The van der Waals surface area contributed by atoms with Gasteiger partial charge in [0.2, 0.25) is 0 Å². The van der Waals surface area contributed by atoms with Crippen molar-refractivity contribution in [2.45, 2.75) is 97.8 Å². The Morgan fingerprint density at radius 2 is 1.11 bits per heavy atom. The standard InChI is InChI=1S/C59H62N4O/c1-56(2,3)42-23-18-24-46(31-42)62-39-61(38-54(62)40-19-14-12-15-20-40)47-32-45(59(10,11)41-21-16-13-17-22-41)33-49(36-47)64-48-26-27-50-51-34-43(57(4,5)6)25-28-52(51)63(53(50)37-48)55-35-44(29-30-60-55)58(7,8)9/h12-38H,39H2,1-11H3. The van der Waals surface area contributed by atoms with Crippen LogP contribution in [0.25, 0.3) is 33.3 Å². The number of ether oxygens (including phenoxy) is 1. The van der Waals surface area contributed by atoms with E-state index in [1.807, 2.05) is 6.20 Å². The minimum atomic E-state index is -0.313. The normalized spacial score (nSPS) is 13.8. The van der Waals surface area contributed by atoms with Gasteiger partial charge < -0.3 is 14.5 Å². The van der Waals surface area contributed by atoms with E-state index >= 15 is 0 Å². The number of hydrogen-bond donors (Lipinski definition) is 0. The number of pyridine rings is 1. The van der Waals surface area contributed by atoms with Crippen molar-refractivity contribution in [3.8, 4) is 17.3 Å². The molecule has 1 aliphatic heterocycles. The van der Waals surface area contributed by atoms with Gasteiger partial charge in [0.05, 0.1) is 23.4 Å². The number of nitrogens with zero attached hydrogens (tertiary/aromatic N) is 4. The summed E-state index contributed by atoms with van der Waals surface area (Å²) in [6.07, 6.45) is 4.24. The van der Waals surface area contributed by atoms with Gasteiger partial charge in [-0.1, -0.05) is 155 Å². The van der Waals surface area contributed by atoms with Crippen molar-refractivity contribution in [1.29, 1.82) is 0 Å². The first kappa shape index (κ1) is 42.7. The van der Waals surface area contributed by atoms with Crippen LogP contribution < -0.4 is 14.5 Å². The average molecular weight is 843 g/mol. The van der Waals surface area contributed by atoms with E-state index < -0.39 is 0 Å². The first-order chi connectivity index (χ1) is 30.3. The van der Waals surface area contributed by atoms with Crippen LogP contribution >= 0.6 is 0 Å². The largest absolute Gasteiger partial charge is 0.457 e. The highest BCUT2D eigenvalue weighted by atomic mass is 16.5. The molecule has 0 unspecified atom stereocenters. The molecule has 0 saturated carbocycles. The number of hydrogen-bond acceptors (Lipinski definition) is 4. The highest BCUT2D eigenvalue weighted by Crippen LogP contribution is 2.43. The molecule has 9 rings (SSSR count). The first-order valence-electron chi connectivity index (χ1n) is 22.7. The van der Waals surface area contributed by atoms with Crippen LogP contribution in [0, 0.1) is 0 Å². The molecule has 2 aromatic heterocycles. The average Bonchev–Trinajstić information content (AvgIpc) is 3.86. The van der Waals surface area contributed by atoms with E-state index in [2.05, 4.69) is 248 Å². The van der Waals surface area contributed by atoms with Crippen molar-refractivity contribution in [2.75, 3.05) is 16.5 Å². The zero-order valence-corrected chi connectivity index (χ0v) is 39.5. The molecule has 0 spiro atoms. The van der Waals surface area contributed by atoms with Crippen LogP contribution in [0.5, 0.6) is 11.5 Å². The summed E-state index contributed by atoms with van der Waals surface area (Å²) in [5.41, 5.74) is 12.7. The Labute approximate surface area is 380 Å². The number of anilines is 2. The van der Waals surface area contributed by atoms with Crippen LogP contribution in [-0.4, -0.2) is 16.2 Å². The molecule has 0 fully saturated rings. The summed E-state index contributed by atoms with van der Waals surface area (Å²) >= 11 is 0. The molecular weight excluding hydrogens is 781 g/mol. The predicted molar refractivity (Wildman–Crippen MR) is 270 cm³/mol. The molecule has 5 nitrogen and oxygen atoms in total. The third kappa shape index (κ3) is 8.20. The third-order valence-corrected chi connectivity index (χ3v) is 13.1. The Balaban J connectivity index is 1.19. The third-order valence-electron chi connectivity index (χ3n) is 13.1. The summed E-state index contributed by atoms with van der Waals surface area (Å²) in [7, 11) is 0. The van der Waals surface area contributed by atoms with Crippen molar-refractivity contribution in [3.05, 3.63) is 197 Å². The minimum Gasteiger partial charge on any atom is -0.457 e. The molecule has 0 radical (unpaired) electrons. The fourth-order valence-electron chi connectivity index (χ4n) is 8.95. The van der Waals surface area contributed by atoms with E-state index in [1.165, 1.54) is 49.8 Å². The molecular formula is C59H62N4O. The van der Waals surface area contributed by atoms with E-state index in [9.17, 15) is 0 Å². The summed E-state index contributed by atoms with van der Waals surface area (Å²) in [5.74, 6) is 2.45. The Bertz CT molecular complexity index is 3030. The van der Waals surface area contributed by atoms with Crippen molar-refractivity contribution in [3.63, 3.8) is 0 Å². The zero-order chi connectivity index (χ0) is 45.2. The van der Waals surface area contributed by atoms with Gasteiger partial charge >= 0.3 is 0 Å². The molecule has 0 bridgehead atoms. The quantitative estimate of drug-likeness (QED) is 0.153. The summed E-state index contributed by atoms with van der Waals surface area (Å²) in [4.78, 5) is 9.78. The molecule has 1 aliphatic rings. The maximum absolute atomic E-state index is 7.08. The van der Waals surface area contributed by atoms with Gasteiger partial charge in [-0.25, -0.2) is 4.98 Å². The van der Waals surface area contributed by atoms with Gasteiger partial charge in [-0.05, 0) is 110 Å². The maximum atomic E-state index is 7.08. The van der Waals surface area contributed by atoms with Gasteiger partial charge in [0.25, 0.3) is 0 Å². The van der Waals surface area contributed by atoms with Crippen LogP contribution in [0.15, 0.2) is 164 Å². The van der Waals surface area contributed by atoms with E-state index in [-0.39, 0.29) is 21.7 Å². The molecule has 0 N–H and O–H groups in total. The van der Waals surface area contributed by atoms with E-state index in [0.717, 1.165) is 39.7 Å². The number of fused-ring (bicyclic) bond motifs is 3. The van der Waals surface area contributed by atoms with Crippen LogP contribution in [0.2, 0.25) is 0 Å². The molecule has 0 saturated heterocycles. The molecule has 6 aromatic carbocycles. The SMILES string of the molecule is CC(C)(C)c1cccc(N2CN(c3cc(Oc4ccc5c6cc(C(C)(C)C)ccc6n(-c6cc(C(C)(C)C)ccn6)c5c4)cc(C(C)(C)c4ccccc4)c3)C=C2c2ccccc2)c1. The van der Waals surface area contributed by atoms with Gasteiger partial charge in [0.1, 0.15) is 17.3 Å². The lowest BCUT2D eigenvalue weighted by molar-refractivity contribution is 0.480.